The van der Waals surface area contributed by atoms with Crippen molar-refractivity contribution in [3.8, 4) is 5.75 Å². The van der Waals surface area contributed by atoms with E-state index < -0.39 is 47.0 Å². The van der Waals surface area contributed by atoms with Gasteiger partial charge >= 0.3 is 18.2 Å². The number of carbonyl (C=O) groups is 3. The molecule has 0 aromatic heterocycles. The van der Waals surface area contributed by atoms with Gasteiger partial charge in [0.1, 0.15) is 29.2 Å². The molecule has 9 nitrogen and oxygen atoms in total. The highest BCUT2D eigenvalue weighted by Crippen LogP contribution is 2.58. The van der Waals surface area contributed by atoms with Gasteiger partial charge in [0.15, 0.2) is 0 Å². The van der Waals surface area contributed by atoms with E-state index in [2.05, 4.69) is 0 Å². The van der Waals surface area contributed by atoms with Crippen molar-refractivity contribution in [2.75, 3.05) is 19.1 Å². The monoisotopic (exact) mass is 524 g/mol. The first-order valence-corrected chi connectivity index (χ1v) is 12.6. The highest BCUT2D eigenvalue weighted by molar-refractivity contribution is 5.96. The lowest BCUT2D eigenvalue weighted by atomic mass is 9.72. The molecular weight excluding hydrogens is 488 g/mol. The number of para-hydroxylation sites is 1. The summed E-state index contributed by atoms with van der Waals surface area (Å²) in [6.07, 6.45) is -2.15. The second-order valence-corrected chi connectivity index (χ2v) is 11.6. The first-order chi connectivity index (χ1) is 17.7. The smallest absolute Gasteiger partial charge is 0.416 e. The molecule has 2 aromatic carbocycles. The van der Waals surface area contributed by atoms with Gasteiger partial charge in [0.25, 0.3) is 0 Å². The molecule has 0 saturated carbocycles. The van der Waals surface area contributed by atoms with Crippen molar-refractivity contribution in [3.63, 3.8) is 0 Å². The zero-order valence-electron chi connectivity index (χ0n) is 23.2. The summed E-state index contributed by atoms with van der Waals surface area (Å²) in [6.45, 7) is 10.6. The van der Waals surface area contributed by atoms with Gasteiger partial charge in [0, 0.05) is 0 Å². The molecule has 0 radical (unpaired) electrons. The second-order valence-electron chi connectivity index (χ2n) is 11.6. The molecule has 0 aliphatic carbocycles. The van der Waals surface area contributed by atoms with Crippen molar-refractivity contribution in [2.45, 2.75) is 76.8 Å². The Balaban J connectivity index is 2.00. The van der Waals surface area contributed by atoms with Gasteiger partial charge in [-0.25, -0.2) is 14.4 Å². The van der Waals surface area contributed by atoms with Gasteiger partial charge in [-0.1, -0.05) is 30.3 Å². The number of likely N-dealkylation sites (tertiary alicyclic amines) is 1. The molecule has 0 spiro atoms. The van der Waals surface area contributed by atoms with Crippen molar-refractivity contribution in [1.82, 2.24) is 4.90 Å². The maximum Gasteiger partial charge on any atom is 0.416 e. The fraction of sp³-hybridized carbons (Fsp3) is 0.483. The number of carbonyl (C=O) groups excluding carboxylic acids is 3. The zero-order valence-corrected chi connectivity index (χ0v) is 23.2. The Morgan fingerprint density at radius 3 is 1.97 bits per heavy atom. The normalized spacial score (nSPS) is 22.4. The molecule has 2 amide bonds. The lowest BCUT2D eigenvalue weighted by molar-refractivity contribution is -0.146. The number of ether oxygens (including phenoxy) is 4. The molecule has 2 aromatic rings. The highest BCUT2D eigenvalue weighted by atomic mass is 16.6. The van der Waals surface area contributed by atoms with E-state index in [1.807, 2.05) is 48.5 Å². The number of fused-ring (bicyclic) bond motifs is 3. The van der Waals surface area contributed by atoms with Gasteiger partial charge in [0.2, 0.25) is 0 Å². The lowest BCUT2D eigenvalue weighted by Crippen LogP contribution is -2.58. The predicted molar refractivity (Wildman–Crippen MR) is 141 cm³/mol. The minimum absolute atomic E-state index is 0.173. The van der Waals surface area contributed by atoms with E-state index in [0.717, 1.165) is 11.1 Å². The van der Waals surface area contributed by atoms with Gasteiger partial charge in [0.05, 0.1) is 25.3 Å². The third kappa shape index (κ3) is 4.66. The van der Waals surface area contributed by atoms with Crippen LogP contribution in [0.25, 0.3) is 0 Å². The predicted octanol–water partition coefficient (Wildman–Crippen LogP) is 5.24. The van der Waals surface area contributed by atoms with E-state index in [9.17, 15) is 14.4 Å². The summed E-state index contributed by atoms with van der Waals surface area (Å²) in [5.41, 5.74) is -0.419. The van der Waals surface area contributed by atoms with Gasteiger partial charge in [-0.2, -0.15) is 0 Å². The average molecular weight is 525 g/mol. The van der Waals surface area contributed by atoms with E-state index in [1.54, 1.807) is 48.7 Å². The van der Waals surface area contributed by atoms with Crippen LogP contribution in [0.15, 0.2) is 48.5 Å². The summed E-state index contributed by atoms with van der Waals surface area (Å²) in [6, 6.07) is 13.9. The van der Waals surface area contributed by atoms with E-state index in [1.165, 1.54) is 16.9 Å². The van der Waals surface area contributed by atoms with Crippen LogP contribution in [-0.2, 0) is 24.4 Å². The topological polar surface area (TPSA) is 94.6 Å². The van der Waals surface area contributed by atoms with Crippen molar-refractivity contribution in [3.05, 3.63) is 59.7 Å². The Bertz CT molecular complexity index is 1230. The lowest BCUT2D eigenvalue weighted by Gasteiger charge is -2.38. The molecule has 0 bridgehead atoms. The number of rotatable bonds is 3. The number of amides is 2. The Hall–Kier alpha value is -3.75. The number of anilines is 1. The summed E-state index contributed by atoms with van der Waals surface area (Å²) < 4.78 is 22.1. The molecule has 38 heavy (non-hydrogen) atoms. The number of esters is 1. The molecule has 2 heterocycles. The van der Waals surface area contributed by atoms with Crippen LogP contribution in [0.4, 0.5) is 15.3 Å². The Labute approximate surface area is 223 Å². The summed E-state index contributed by atoms with van der Waals surface area (Å²) in [5.74, 6) is 0.0586. The number of nitrogens with zero attached hydrogens (tertiary/aromatic N) is 2. The van der Waals surface area contributed by atoms with Crippen LogP contribution in [0.2, 0.25) is 0 Å². The molecule has 204 valence electrons. The average Bonchev–Trinajstić information content (AvgIpc) is 3.32. The summed E-state index contributed by atoms with van der Waals surface area (Å²) in [4.78, 5) is 43.6. The zero-order chi connectivity index (χ0) is 28.0. The molecule has 0 N–H and O–H groups in total. The molecule has 2 aliphatic rings. The van der Waals surface area contributed by atoms with Crippen molar-refractivity contribution in [2.24, 2.45) is 0 Å². The van der Waals surface area contributed by atoms with Gasteiger partial charge in [-0.3, -0.25) is 9.80 Å². The van der Waals surface area contributed by atoms with E-state index in [4.69, 9.17) is 18.9 Å². The summed E-state index contributed by atoms with van der Waals surface area (Å²) in [7, 11) is 2.86. The van der Waals surface area contributed by atoms with Crippen LogP contribution in [0.1, 0.15) is 59.1 Å². The van der Waals surface area contributed by atoms with E-state index >= 15 is 0 Å². The first-order valence-electron chi connectivity index (χ1n) is 12.6. The minimum atomic E-state index is -1.01. The quantitative estimate of drug-likeness (QED) is 0.400. The highest BCUT2D eigenvalue weighted by Gasteiger charge is 2.66. The van der Waals surface area contributed by atoms with Crippen LogP contribution < -0.4 is 9.64 Å². The molecule has 0 unspecified atom stereocenters. The largest absolute Gasteiger partial charge is 0.497 e. The second kappa shape index (κ2) is 9.53. The Kier molecular flexibility index (Phi) is 6.84. The van der Waals surface area contributed by atoms with Crippen LogP contribution in [0, 0.1) is 0 Å². The van der Waals surface area contributed by atoms with Crippen LogP contribution in [0.5, 0.6) is 5.75 Å². The number of methoxy groups -OCH3 is 2. The maximum absolute atomic E-state index is 13.8. The first kappa shape index (κ1) is 27.3. The number of hydrogen-bond donors (Lipinski definition) is 0. The Morgan fingerprint density at radius 2 is 1.42 bits per heavy atom. The fourth-order valence-corrected chi connectivity index (χ4v) is 5.40. The van der Waals surface area contributed by atoms with Gasteiger partial charge in [-0.05, 0) is 77.3 Å². The molecular formula is C29H36N2O7. The van der Waals surface area contributed by atoms with Gasteiger partial charge in [-0.15, -0.1) is 0 Å². The van der Waals surface area contributed by atoms with Crippen LogP contribution in [-0.4, -0.2) is 60.7 Å². The van der Waals surface area contributed by atoms with E-state index in [-0.39, 0.29) is 6.42 Å². The van der Waals surface area contributed by atoms with Crippen LogP contribution >= 0.6 is 0 Å². The van der Waals surface area contributed by atoms with Crippen LogP contribution in [0.3, 0.4) is 0 Å². The molecule has 4 rings (SSSR count). The number of hydrogen-bond acceptors (Lipinski definition) is 7. The minimum Gasteiger partial charge on any atom is -0.497 e. The number of benzene rings is 2. The van der Waals surface area contributed by atoms with Crippen molar-refractivity contribution >= 4 is 23.8 Å². The third-order valence-corrected chi connectivity index (χ3v) is 6.72. The Morgan fingerprint density at radius 1 is 0.842 bits per heavy atom. The van der Waals surface area contributed by atoms with Crippen molar-refractivity contribution < 1.29 is 33.3 Å². The molecule has 3 atom stereocenters. The third-order valence-electron chi connectivity index (χ3n) is 6.72. The summed E-state index contributed by atoms with van der Waals surface area (Å²) in [5, 5.41) is 0. The molecule has 1 saturated heterocycles. The SMILES string of the molecule is COC(=O)[C@@H]1C[C@@]2(c3ccc(OC)cc3)c3ccccc3N(C(=O)OC(C)(C)C)[C@H]2N1C(=O)OC(C)(C)C. The fourth-order valence-electron chi connectivity index (χ4n) is 5.40. The standard InChI is InChI=1S/C29H36N2O7/c1-27(2,3)37-25(33)30-21-12-10-9-11-20(21)29(18-13-15-19(35-7)16-14-18)17-22(23(32)36-8)31(24(29)30)26(34)38-28(4,5)6/h9-16,22,24H,17H2,1-8H3/t22-,24-,29+/m0/s1. The molecule has 9 heteroatoms. The molecule has 2 aliphatic heterocycles. The van der Waals surface area contributed by atoms with E-state index in [0.29, 0.717) is 11.4 Å². The van der Waals surface area contributed by atoms with Crippen molar-refractivity contribution in [1.29, 1.82) is 0 Å². The van der Waals surface area contributed by atoms with Gasteiger partial charge < -0.3 is 18.9 Å². The summed E-state index contributed by atoms with van der Waals surface area (Å²) >= 11 is 0. The maximum atomic E-state index is 13.8. The molecule has 1 fully saturated rings.